The van der Waals surface area contributed by atoms with Crippen LogP contribution in [0.1, 0.15) is 13.8 Å². The van der Waals surface area contributed by atoms with Crippen LogP contribution in [0.15, 0.2) is 23.1 Å². The Labute approximate surface area is 114 Å². The second kappa shape index (κ2) is 4.87. The van der Waals surface area contributed by atoms with E-state index in [1.54, 1.807) is 19.9 Å². The topological polar surface area (TPSA) is 102 Å². The number of nitrogens with two attached hydrogens (primary N) is 1. The first-order valence-electron chi connectivity index (χ1n) is 5.51. The van der Waals surface area contributed by atoms with Crippen molar-refractivity contribution in [3.05, 3.63) is 18.2 Å². The molecule has 0 aliphatic rings. The van der Waals surface area contributed by atoms with E-state index in [0.29, 0.717) is 15.3 Å². The molecule has 0 bridgehead atoms. The molecule has 0 saturated carbocycles. The van der Waals surface area contributed by atoms with Crippen molar-refractivity contribution >= 4 is 42.6 Å². The summed E-state index contributed by atoms with van der Waals surface area (Å²) in [5.74, 6) is -0.280. The average Bonchev–Trinajstić information content (AvgIpc) is 2.68. The van der Waals surface area contributed by atoms with Crippen molar-refractivity contribution in [1.29, 1.82) is 0 Å². The number of benzene rings is 1. The summed E-state index contributed by atoms with van der Waals surface area (Å²) in [5, 5.41) is 8.18. The molecular formula is C11H13N3O3S2. The zero-order valence-electron chi connectivity index (χ0n) is 10.4. The van der Waals surface area contributed by atoms with Crippen LogP contribution >= 0.6 is 11.3 Å². The average molecular weight is 299 g/mol. The van der Waals surface area contributed by atoms with Crippen LogP contribution in [0.25, 0.3) is 10.2 Å². The lowest BCUT2D eigenvalue weighted by molar-refractivity contribution is -0.118. The molecule has 1 aromatic heterocycles. The number of anilines is 1. The van der Waals surface area contributed by atoms with Gasteiger partial charge >= 0.3 is 0 Å². The first-order valence-corrected chi connectivity index (χ1v) is 7.88. The van der Waals surface area contributed by atoms with E-state index in [2.05, 4.69) is 10.3 Å². The van der Waals surface area contributed by atoms with E-state index in [1.165, 1.54) is 23.5 Å². The second-order valence-corrected chi connectivity index (χ2v) is 6.93. The second-order valence-electron chi connectivity index (χ2n) is 4.34. The van der Waals surface area contributed by atoms with Crippen LogP contribution in [0, 0.1) is 5.92 Å². The molecule has 0 radical (unpaired) electrons. The Kier molecular flexibility index (Phi) is 3.57. The molecular weight excluding hydrogens is 286 g/mol. The van der Waals surface area contributed by atoms with Gasteiger partial charge in [0.15, 0.2) is 5.13 Å². The highest BCUT2D eigenvalue weighted by atomic mass is 32.2. The number of hydrogen-bond acceptors (Lipinski definition) is 5. The first-order chi connectivity index (χ1) is 8.77. The summed E-state index contributed by atoms with van der Waals surface area (Å²) >= 11 is 1.21. The number of sulfonamides is 1. The van der Waals surface area contributed by atoms with Crippen LogP contribution in [0.5, 0.6) is 0 Å². The van der Waals surface area contributed by atoms with Gasteiger partial charge in [0.05, 0.1) is 15.1 Å². The predicted molar refractivity (Wildman–Crippen MR) is 74.5 cm³/mol. The normalized spacial score (nSPS) is 12.0. The summed E-state index contributed by atoms with van der Waals surface area (Å²) in [6, 6.07) is 4.41. The van der Waals surface area contributed by atoms with Gasteiger partial charge in [-0.1, -0.05) is 25.2 Å². The molecule has 8 heteroatoms. The Morgan fingerprint density at radius 1 is 1.42 bits per heavy atom. The zero-order valence-corrected chi connectivity index (χ0v) is 12.0. The maximum absolute atomic E-state index is 11.6. The number of carbonyl (C=O) groups excluding carboxylic acids is 1. The van der Waals surface area contributed by atoms with E-state index >= 15 is 0 Å². The Morgan fingerprint density at radius 3 is 2.68 bits per heavy atom. The number of thiazole rings is 1. The number of nitrogens with one attached hydrogen (secondary N) is 1. The smallest absolute Gasteiger partial charge is 0.238 e. The number of aromatic nitrogens is 1. The minimum Gasteiger partial charge on any atom is -0.302 e. The monoisotopic (exact) mass is 299 g/mol. The summed E-state index contributed by atoms with van der Waals surface area (Å²) in [7, 11) is -3.73. The molecule has 0 fully saturated rings. The number of nitrogens with zero attached hydrogens (tertiary/aromatic N) is 1. The highest BCUT2D eigenvalue weighted by Gasteiger charge is 2.13. The summed E-state index contributed by atoms with van der Waals surface area (Å²) in [6.07, 6.45) is 0. The SMILES string of the molecule is CC(C)C(=O)Nc1nc2ccc(S(N)(=O)=O)cc2s1. The molecule has 0 aliphatic heterocycles. The summed E-state index contributed by atoms with van der Waals surface area (Å²) < 4.78 is 23.1. The van der Waals surface area contributed by atoms with Crippen molar-refractivity contribution in [2.75, 3.05) is 5.32 Å². The van der Waals surface area contributed by atoms with Crippen LogP contribution in [-0.4, -0.2) is 19.3 Å². The Bertz CT molecular complexity index is 735. The largest absolute Gasteiger partial charge is 0.302 e. The lowest BCUT2D eigenvalue weighted by atomic mass is 10.2. The van der Waals surface area contributed by atoms with Crippen LogP contribution in [-0.2, 0) is 14.8 Å². The predicted octanol–water partition coefficient (Wildman–Crippen LogP) is 1.54. The van der Waals surface area contributed by atoms with Crippen LogP contribution in [0.2, 0.25) is 0 Å². The van der Waals surface area contributed by atoms with E-state index < -0.39 is 10.0 Å². The number of primary sulfonamides is 1. The number of rotatable bonds is 3. The van der Waals surface area contributed by atoms with Crippen molar-refractivity contribution in [3.8, 4) is 0 Å². The molecule has 102 valence electrons. The lowest BCUT2D eigenvalue weighted by Gasteiger charge is -2.02. The molecule has 0 atom stereocenters. The molecule has 2 rings (SSSR count). The van der Waals surface area contributed by atoms with E-state index in [0.717, 1.165) is 0 Å². The molecule has 0 unspecified atom stereocenters. The van der Waals surface area contributed by atoms with Gasteiger partial charge in [0.25, 0.3) is 0 Å². The maximum Gasteiger partial charge on any atom is 0.238 e. The quantitative estimate of drug-likeness (QED) is 0.897. The van der Waals surface area contributed by atoms with E-state index in [4.69, 9.17) is 5.14 Å². The molecule has 0 aliphatic carbocycles. The number of fused-ring (bicyclic) bond motifs is 1. The van der Waals surface area contributed by atoms with Crippen molar-refractivity contribution in [1.82, 2.24) is 4.98 Å². The fourth-order valence-electron chi connectivity index (χ4n) is 1.39. The minimum absolute atomic E-state index is 0.0328. The number of amides is 1. The molecule has 6 nitrogen and oxygen atoms in total. The van der Waals surface area contributed by atoms with Crippen molar-refractivity contribution < 1.29 is 13.2 Å². The number of hydrogen-bond donors (Lipinski definition) is 2. The number of carbonyl (C=O) groups is 1. The van der Waals surface area contributed by atoms with E-state index in [-0.39, 0.29) is 16.7 Å². The van der Waals surface area contributed by atoms with Gasteiger partial charge < -0.3 is 5.32 Å². The zero-order chi connectivity index (χ0) is 14.2. The van der Waals surface area contributed by atoms with Gasteiger partial charge in [0.2, 0.25) is 15.9 Å². The third-order valence-electron chi connectivity index (χ3n) is 2.44. The van der Waals surface area contributed by atoms with Gasteiger partial charge in [-0.2, -0.15) is 0 Å². The molecule has 1 heterocycles. The van der Waals surface area contributed by atoms with Crippen LogP contribution < -0.4 is 10.5 Å². The van der Waals surface area contributed by atoms with Crippen LogP contribution in [0.3, 0.4) is 0 Å². The fourth-order valence-corrected chi connectivity index (χ4v) is 2.91. The van der Waals surface area contributed by atoms with Crippen molar-refractivity contribution in [2.45, 2.75) is 18.7 Å². The fraction of sp³-hybridized carbons (Fsp3) is 0.273. The third kappa shape index (κ3) is 3.09. The van der Waals surface area contributed by atoms with Crippen molar-refractivity contribution in [3.63, 3.8) is 0 Å². The maximum atomic E-state index is 11.6. The molecule has 1 amide bonds. The minimum atomic E-state index is -3.73. The molecule has 0 spiro atoms. The summed E-state index contributed by atoms with van der Waals surface area (Å²) in [6.45, 7) is 3.56. The molecule has 19 heavy (non-hydrogen) atoms. The van der Waals surface area contributed by atoms with E-state index in [9.17, 15) is 13.2 Å². The van der Waals surface area contributed by atoms with Gasteiger partial charge in [-0.05, 0) is 18.2 Å². The standard InChI is InChI=1S/C11H13N3O3S2/c1-6(2)10(15)14-11-13-8-4-3-7(19(12,16)17)5-9(8)18-11/h3-6H,1-2H3,(H2,12,16,17)(H,13,14,15). The highest BCUT2D eigenvalue weighted by molar-refractivity contribution is 7.89. The lowest BCUT2D eigenvalue weighted by Crippen LogP contribution is -2.17. The molecule has 0 saturated heterocycles. The van der Waals surface area contributed by atoms with Gasteiger partial charge in [-0.15, -0.1) is 0 Å². The first kappa shape index (κ1) is 13.9. The van der Waals surface area contributed by atoms with E-state index in [1.807, 2.05) is 0 Å². The van der Waals surface area contributed by atoms with Gasteiger partial charge in [-0.25, -0.2) is 18.5 Å². The van der Waals surface area contributed by atoms with Crippen molar-refractivity contribution in [2.24, 2.45) is 11.1 Å². The third-order valence-corrected chi connectivity index (χ3v) is 4.29. The van der Waals surface area contributed by atoms with Gasteiger partial charge in [-0.3, -0.25) is 4.79 Å². The Balaban J connectivity index is 2.39. The summed E-state index contributed by atoms with van der Waals surface area (Å²) in [4.78, 5) is 15.8. The van der Waals surface area contributed by atoms with Gasteiger partial charge in [0.1, 0.15) is 0 Å². The Hall–Kier alpha value is -1.51. The Morgan fingerprint density at radius 2 is 2.11 bits per heavy atom. The van der Waals surface area contributed by atoms with Gasteiger partial charge in [0, 0.05) is 5.92 Å². The van der Waals surface area contributed by atoms with Crippen LogP contribution in [0.4, 0.5) is 5.13 Å². The summed E-state index contributed by atoms with van der Waals surface area (Å²) in [5.41, 5.74) is 0.622. The highest BCUT2D eigenvalue weighted by Crippen LogP contribution is 2.28. The molecule has 2 aromatic rings. The molecule has 1 aromatic carbocycles. The molecule has 3 N–H and O–H groups in total.